The minimum Gasteiger partial charge on any atom is -0.348 e. The zero-order valence-electron chi connectivity index (χ0n) is 16.5. The second-order valence-corrected chi connectivity index (χ2v) is 7.16. The zero-order chi connectivity index (χ0) is 20.4. The van der Waals surface area contributed by atoms with E-state index in [4.69, 9.17) is 0 Å². The lowest BCUT2D eigenvalue weighted by Crippen LogP contribution is -2.28. The predicted octanol–water partition coefficient (Wildman–Crippen LogP) is 3.53. The first-order valence-corrected chi connectivity index (χ1v) is 9.14. The van der Waals surface area contributed by atoms with Gasteiger partial charge in [-0.2, -0.15) is 0 Å². The molecular weight excluding hydrogens is 357 g/mol. The van der Waals surface area contributed by atoms with Crippen LogP contribution in [0.5, 0.6) is 0 Å². The van der Waals surface area contributed by atoms with Crippen molar-refractivity contribution < 1.29 is 9.18 Å². The van der Waals surface area contributed by atoms with Gasteiger partial charge in [0.2, 0.25) is 0 Å². The topological polar surface area (TPSA) is 66.9 Å². The highest BCUT2D eigenvalue weighted by molar-refractivity contribution is 5.96. The number of benzene rings is 1. The van der Waals surface area contributed by atoms with Gasteiger partial charge in [0.15, 0.2) is 0 Å². The molecule has 0 bridgehead atoms. The number of rotatable bonds is 5. The van der Waals surface area contributed by atoms with Crippen LogP contribution in [-0.2, 0) is 13.1 Å². The third kappa shape index (κ3) is 4.06. The van der Waals surface area contributed by atoms with Crippen LogP contribution in [0.4, 0.5) is 4.39 Å². The predicted molar refractivity (Wildman–Crippen MR) is 107 cm³/mol. The Morgan fingerprint density at radius 3 is 2.57 bits per heavy atom. The van der Waals surface area contributed by atoms with Crippen molar-refractivity contribution in [2.24, 2.45) is 0 Å². The van der Waals surface area contributed by atoms with E-state index in [1.807, 2.05) is 50.6 Å². The van der Waals surface area contributed by atoms with Crippen molar-refractivity contribution in [3.63, 3.8) is 0 Å². The van der Waals surface area contributed by atoms with Gasteiger partial charge in [-0.1, -0.05) is 12.1 Å². The number of aromatic nitrogens is 2. The van der Waals surface area contributed by atoms with Gasteiger partial charge in [-0.05, 0) is 62.6 Å². The highest BCUT2D eigenvalue weighted by Gasteiger charge is 2.18. The second-order valence-electron chi connectivity index (χ2n) is 7.16. The number of H-pyrrole nitrogens is 1. The molecule has 0 atom stereocenters. The largest absolute Gasteiger partial charge is 0.348 e. The number of carbonyl (C=O) groups excluding carboxylic acids is 1. The molecule has 0 aliphatic carbocycles. The number of pyridine rings is 1. The number of hydrogen-bond acceptors (Lipinski definition) is 2. The molecule has 0 radical (unpaired) electrons. The Kier molecular flexibility index (Phi) is 5.49. The highest BCUT2D eigenvalue weighted by Crippen LogP contribution is 2.18. The van der Waals surface area contributed by atoms with Crippen LogP contribution < -0.4 is 10.9 Å². The lowest BCUT2D eigenvalue weighted by atomic mass is 10.1. The molecule has 0 saturated carbocycles. The van der Waals surface area contributed by atoms with Gasteiger partial charge in [-0.15, -0.1) is 0 Å². The number of hydrogen-bond donors (Lipinski definition) is 2. The minimum atomic E-state index is -0.282. The number of nitrogens with one attached hydrogen (secondary N) is 2. The number of carbonyl (C=O) groups is 1. The molecule has 2 N–H and O–H groups in total. The smallest absolute Gasteiger partial charge is 0.253 e. The van der Waals surface area contributed by atoms with E-state index in [0.29, 0.717) is 17.7 Å². The van der Waals surface area contributed by atoms with Crippen LogP contribution in [0.2, 0.25) is 0 Å². The summed E-state index contributed by atoms with van der Waals surface area (Å²) in [4.78, 5) is 27.7. The van der Waals surface area contributed by atoms with Gasteiger partial charge in [-0.25, -0.2) is 4.39 Å². The monoisotopic (exact) mass is 381 g/mol. The fraction of sp³-hybridized carbons (Fsp3) is 0.273. The maximum atomic E-state index is 13.4. The fourth-order valence-electron chi connectivity index (χ4n) is 3.52. The molecule has 0 saturated heterocycles. The Morgan fingerprint density at radius 1 is 1.14 bits per heavy atom. The molecule has 1 amide bonds. The number of amides is 1. The van der Waals surface area contributed by atoms with E-state index >= 15 is 0 Å². The fourth-order valence-corrected chi connectivity index (χ4v) is 3.52. The molecule has 28 heavy (non-hydrogen) atoms. The van der Waals surface area contributed by atoms with E-state index in [0.717, 1.165) is 28.1 Å². The van der Waals surface area contributed by atoms with Gasteiger partial charge in [0, 0.05) is 36.2 Å². The first-order chi connectivity index (χ1) is 13.3. The molecule has 0 unspecified atom stereocenters. The van der Waals surface area contributed by atoms with Crippen LogP contribution in [0.1, 0.15) is 44.0 Å². The van der Waals surface area contributed by atoms with Crippen molar-refractivity contribution >= 4 is 5.91 Å². The summed E-state index contributed by atoms with van der Waals surface area (Å²) in [5.74, 6) is -0.511. The van der Waals surface area contributed by atoms with Crippen LogP contribution in [0.3, 0.4) is 0 Å². The lowest BCUT2D eigenvalue weighted by Gasteiger charge is -2.10. The summed E-state index contributed by atoms with van der Waals surface area (Å²) in [6.45, 7) is 8.06. The van der Waals surface area contributed by atoms with Crippen LogP contribution in [0.15, 0.2) is 41.3 Å². The molecule has 2 aromatic heterocycles. The van der Waals surface area contributed by atoms with Gasteiger partial charge in [-0.3, -0.25) is 9.59 Å². The third-order valence-electron chi connectivity index (χ3n) is 4.92. The molecule has 0 spiro atoms. The van der Waals surface area contributed by atoms with E-state index in [1.165, 1.54) is 12.1 Å². The van der Waals surface area contributed by atoms with Gasteiger partial charge in [0.05, 0.1) is 5.56 Å². The van der Waals surface area contributed by atoms with Crippen LogP contribution in [0, 0.1) is 33.5 Å². The molecule has 3 rings (SSSR count). The molecule has 0 fully saturated rings. The van der Waals surface area contributed by atoms with Crippen LogP contribution in [-0.4, -0.2) is 15.5 Å². The van der Waals surface area contributed by atoms with Gasteiger partial charge in [0.1, 0.15) is 5.82 Å². The molecule has 5 nitrogen and oxygen atoms in total. The summed E-state index contributed by atoms with van der Waals surface area (Å²) in [7, 11) is 0. The maximum absolute atomic E-state index is 13.4. The standard InChI is InChI=1S/C22H24FN3O2/c1-13-8-15(3)25-21(27)19(13)10-24-22(28)20-14(2)11-26(16(20)4)12-17-6-5-7-18(23)9-17/h5-9,11H,10,12H2,1-4H3,(H,24,28)(H,25,27). The average Bonchev–Trinajstić information content (AvgIpc) is 2.87. The molecule has 2 heterocycles. The summed E-state index contributed by atoms with van der Waals surface area (Å²) in [6, 6.07) is 8.30. The summed E-state index contributed by atoms with van der Waals surface area (Å²) in [6.07, 6.45) is 1.89. The zero-order valence-corrected chi connectivity index (χ0v) is 16.5. The summed E-state index contributed by atoms with van der Waals surface area (Å²) in [5.41, 5.74) is 5.04. The van der Waals surface area contributed by atoms with E-state index < -0.39 is 0 Å². The molecular formula is C22H24FN3O2. The van der Waals surface area contributed by atoms with Crippen molar-refractivity contribution in [3.8, 4) is 0 Å². The lowest BCUT2D eigenvalue weighted by molar-refractivity contribution is 0.0949. The Morgan fingerprint density at radius 2 is 1.89 bits per heavy atom. The van der Waals surface area contributed by atoms with Crippen molar-refractivity contribution in [1.29, 1.82) is 0 Å². The third-order valence-corrected chi connectivity index (χ3v) is 4.92. The van der Waals surface area contributed by atoms with E-state index in [2.05, 4.69) is 10.3 Å². The normalized spacial score (nSPS) is 10.9. The maximum Gasteiger partial charge on any atom is 0.253 e. The van der Waals surface area contributed by atoms with Crippen molar-refractivity contribution in [3.05, 3.63) is 91.9 Å². The minimum absolute atomic E-state index is 0.161. The molecule has 6 heteroatoms. The van der Waals surface area contributed by atoms with E-state index in [1.54, 1.807) is 6.07 Å². The quantitative estimate of drug-likeness (QED) is 0.710. The van der Waals surface area contributed by atoms with Crippen molar-refractivity contribution in [1.82, 2.24) is 14.9 Å². The van der Waals surface area contributed by atoms with Crippen LogP contribution >= 0.6 is 0 Å². The molecule has 0 aliphatic heterocycles. The molecule has 0 aliphatic rings. The Labute approximate surface area is 163 Å². The van der Waals surface area contributed by atoms with Crippen molar-refractivity contribution in [2.75, 3.05) is 0 Å². The van der Waals surface area contributed by atoms with Gasteiger partial charge in [0.25, 0.3) is 11.5 Å². The Hall–Kier alpha value is -3.15. The highest BCUT2D eigenvalue weighted by atomic mass is 19.1. The SMILES string of the molecule is Cc1cc(C)c(CNC(=O)c2c(C)cn(Cc3cccc(F)c3)c2C)c(=O)[nH]1. The van der Waals surface area contributed by atoms with Gasteiger partial charge >= 0.3 is 0 Å². The number of nitrogens with zero attached hydrogens (tertiary/aromatic N) is 1. The molecule has 3 aromatic rings. The Balaban J connectivity index is 1.79. The second kappa shape index (κ2) is 7.84. The van der Waals surface area contributed by atoms with E-state index in [-0.39, 0.29) is 23.8 Å². The number of halogens is 1. The summed E-state index contributed by atoms with van der Waals surface area (Å²) >= 11 is 0. The van der Waals surface area contributed by atoms with E-state index in [9.17, 15) is 14.0 Å². The van der Waals surface area contributed by atoms with Gasteiger partial charge < -0.3 is 14.9 Å². The van der Waals surface area contributed by atoms with Crippen LogP contribution in [0.25, 0.3) is 0 Å². The summed E-state index contributed by atoms with van der Waals surface area (Å²) in [5, 5.41) is 2.85. The first kappa shape index (κ1) is 19.6. The molecule has 1 aromatic carbocycles. The first-order valence-electron chi connectivity index (χ1n) is 9.14. The number of aryl methyl sites for hydroxylation is 3. The summed E-state index contributed by atoms with van der Waals surface area (Å²) < 4.78 is 15.4. The Bertz CT molecular complexity index is 1100. The average molecular weight is 381 g/mol. The van der Waals surface area contributed by atoms with Crippen molar-refractivity contribution in [2.45, 2.75) is 40.8 Å². The molecule has 146 valence electrons. The number of aromatic amines is 1.